The quantitative estimate of drug-likeness (QED) is 0.556. The highest BCUT2D eigenvalue weighted by molar-refractivity contribution is 6.78. The van der Waals surface area contributed by atoms with Crippen LogP contribution >= 0.6 is 0 Å². The highest BCUT2D eigenvalue weighted by Gasteiger charge is 2.25. The van der Waals surface area contributed by atoms with Crippen LogP contribution in [0.4, 0.5) is 0 Å². The van der Waals surface area contributed by atoms with Gasteiger partial charge in [0.25, 0.3) is 0 Å². The van der Waals surface area contributed by atoms with Gasteiger partial charge in [-0.3, -0.25) is 0 Å². The van der Waals surface area contributed by atoms with Crippen molar-refractivity contribution < 1.29 is 14.2 Å². The Morgan fingerprint density at radius 3 is 1.21 bits per heavy atom. The Balaban J connectivity index is 3.89. The van der Waals surface area contributed by atoms with E-state index in [1.54, 1.807) is 21.3 Å². The van der Waals surface area contributed by atoms with Crippen LogP contribution in [0.3, 0.4) is 0 Å². The van der Waals surface area contributed by atoms with E-state index in [-0.39, 0.29) is 0 Å². The predicted octanol–water partition coefficient (Wildman–Crippen LogP) is 2.00. The van der Waals surface area contributed by atoms with E-state index in [2.05, 4.69) is 6.55 Å². The van der Waals surface area contributed by atoms with Crippen LogP contribution in [-0.2, 0) is 14.2 Å². The molecule has 0 fully saturated rings. The maximum absolute atomic E-state index is 5.15. The molecule has 0 aliphatic carbocycles. The Labute approximate surface area is 88.7 Å². The van der Waals surface area contributed by atoms with Crippen molar-refractivity contribution in [1.29, 1.82) is 0 Å². The second-order valence-corrected chi connectivity index (χ2v) is 9.16. The Hall–Kier alpha value is 0.0969. The summed E-state index contributed by atoms with van der Waals surface area (Å²) in [4.78, 5) is 0. The highest BCUT2D eigenvalue weighted by Crippen LogP contribution is 2.20. The second-order valence-electron chi connectivity index (χ2n) is 4.04. The third kappa shape index (κ3) is 6.54. The van der Waals surface area contributed by atoms with Crippen LogP contribution < -0.4 is 0 Å². The highest BCUT2D eigenvalue weighted by atomic mass is 28.3. The molecule has 0 aromatic rings. The zero-order chi connectivity index (χ0) is 10.9. The molecule has 0 bridgehead atoms. The van der Waals surface area contributed by atoms with Gasteiger partial charge in [0.2, 0.25) is 0 Å². The summed E-state index contributed by atoms with van der Waals surface area (Å²) in [5, 5.41) is 0. The molecule has 14 heavy (non-hydrogen) atoms. The summed E-state index contributed by atoms with van der Waals surface area (Å²) in [5.41, 5.74) is 0. The molecule has 0 saturated heterocycles. The van der Waals surface area contributed by atoms with Gasteiger partial charge < -0.3 is 14.2 Å². The van der Waals surface area contributed by atoms with Crippen LogP contribution in [-0.4, -0.2) is 49.2 Å². The van der Waals surface area contributed by atoms with Crippen molar-refractivity contribution in [3.63, 3.8) is 0 Å². The minimum atomic E-state index is -1.19. The topological polar surface area (TPSA) is 27.7 Å². The van der Waals surface area contributed by atoms with Gasteiger partial charge in [-0.1, -0.05) is 6.55 Å². The molecule has 0 radical (unpaired) electrons. The molecule has 0 heterocycles. The van der Waals surface area contributed by atoms with Crippen molar-refractivity contribution in [3.05, 3.63) is 0 Å². The Morgan fingerprint density at radius 1 is 0.714 bits per heavy atom. The van der Waals surface area contributed by atoms with Crippen LogP contribution in [0, 0.1) is 0 Å². The van der Waals surface area contributed by atoms with Crippen LogP contribution in [0.15, 0.2) is 0 Å². The average molecular weight is 220 g/mol. The standard InChI is InChI=1S/C10H24O3Si/c1-11-5-8-14(4,9-6-12-2)10-7-13-3/h5-10H2,1-4H3. The van der Waals surface area contributed by atoms with Crippen molar-refractivity contribution in [2.24, 2.45) is 0 Å². The Bertz CT molecular complexity index is 109. The summed E-state index contributed by atoms with van der Waals surface area (Å²) >= 11 is 0. The number of rotatable bonds is 9. The van der Waals surface area contributed by atoms with Gasteiger partial charge in [-0.05, 0) is 18.1 Å². The van der Waals surface area contributed by atoms with E-state index in [9.17, 15) is 0 Å². The summed E-state index contributed by atoms with van der Waals surface area (Å²) in [6, 6.07) is 3.61. The zero-order valence-electron chi connectivity index (χ0n) is 9.97. The molecule has 0 unspecified atom stereocenters. The second kappa shape index (κ2) is 8.41. The molecule has 0 aliphatic heterocycles. The lowest BCUT2D eigenvalue weighted by Gasteiger charge is -2.26. The number of hydrogen-bond acceptors (Lipinski definition) is 3. The van der Waals surface area contributed by atoms with Gasteiger partial charge in [0.15, 0.2) is 0 Å². The largest absolute Gasteiger partial charge is 0.385 e. The summed E-state index contributed by atoms with van der Waals surface area (Å²) in [6.07, 6.45) is 0. The van der Waals surface area contributed by atoms with Crippen LogP contribution in [0.2, 0.25) is 24.7 Å². The molecule has 4 heteroatoms. The first kappa shape index (κ1) is 14.1. The van der Waals surface area contributed by atoms with E-state index in [4.69, 9.17) is 14.2 Å². The summed E-state index contributed by atoms with van der Waals surface area (Å²) in [7, 11) is 4.11. The molecule has 0 N–H and O–H groups in total. The van der Waals surface area contributed by atoms with Crippen molar-refractivity contribution in [2.45, 2.75) is 24.7 Å². The summed E-state index contributed by atoms with van der Waals surface area (Å²) < 4.78 is 15.5. The smallest absolute Gasteiger partial charge is 0.0572 e. The van der Waals surface area contributed by atoms with Crippen molar-refractivity contribution >= 4 is 8.07 Å². The lowest BCUT2D eigenvalue weighted by Crippen LogP contribution is -2.34. The molecule has 3 nitrogen and oxygen atoms in total. The fourth-order valence-electron chi connectivity index (χ4n) is 1.42. The van der Waals surface area contributed by atoms with E-state index in [1.165, 1.54) is 18.1 Å². The summed E-state index contributed by atoms with van der Waals surface area (Å²) in [6.45, 7) is 5.02. The fourth-order valence-corrected chi connectivity index (χ4v) is 4.26. The Morgan fingerprint density at radius 2 is 1.00 bits per heavy atom. The molecular formula is C10H24O3Si. The molecule has 0 amide bonds. The Kier molecular flexibility index (Phi) is 8.47. The van der Waals surface area contributed by atoms with Crippen LogP contribution in [0.1, 0.15) is 0 Å². The van der Waals surface area contributed by atoms with E-state index < -0.39 is 8.07 Å². The molecule has 0 spiro atoms. The fraction of sp³-hybridized carbons (Fsp3) is 1.00. The average Bonchev–Trinajstić information content (AvgIpc) is 2.21. The van der Waals surface area contributed by atoms with Gasteiger partial charge in [0.1, 0.15) is 0 Å². The predicted molar refractivity (Wildman–Crippen MR) is 61.7 cm³/mol. The maximum atomic E-state index is 5.15. The van der Waals surface area contributed by atoms with E-state index in [1.807, 2.05) is 0 Å². The maximum Gasteiger partial charge on any atom is 0.0572 e. The van der Waals surface area contributed by atoms with Crippen LogP contribution in [0.5, 0.6) is 0 Å². The molecule has 0 aliphatic rings. The molecule has 0 aromatic heterocycles. The third-order valence-electron chi connectivity index (χ3n) is 2.73. The van der Waals surface area contributed by atoms with Gasteiger partial charge in [0.05, 0.1) is 8.07 Å². The molecule has 0 atom stereocenters. The molecule has 0 saturated carbocycles. The summed E-state index contributed by atoms with van der Waals surface area (Å²) in [5.74, 6) is 0. The van der Waals surface area contributed by atoms with Crippen molar-refractivity contribution in [3.8, 4) is 0 Å². The third-order valence-corrected chi connectivity index (χ3v) is 6.96. The van der Waals surface area contributed by atoms with Gasteiger partial charge in [-0.15, -0.1) is 0 Å². The minimum absolute atomic E-state index is 0.871. The van der Waals surface area contributed by atoms with Gasteiger partial charge in [-0.25, -0.2) is 0 Å². The SMILES string of the molecule is COCC[Si](C)(CCOC)CCOC. The molecule has 0 aromatic carbocycles. The first-order valence-corrected chi connectivity index (χ1v) is 8.27. The van der Waals surface area contributed by atoms with Gasteiger partial charge >= 0.3 is 0 Å². The minimum Gasteiger partial charge on any atom is -0.385 e. The monoisotopic (exact) mass is 220 g/mol. The molecule has 0 rings (SSSR count). The van der Waals surface area contributed by atoms with Crippen molar-refractivity contribution in [1.82, 2.24) is 0 Å². The van der Waals surface area contributed by atoms with E-state index in [0.29, 0.717) is 0 Å². The van der Waals surface area contributed by atoms with Gasteiger partial charge in [0, 0.05) is 41.2 Å². The zero-order valence-corrected chi connectivity index (χ0v) is 11.0. The lowest BCUT2D eigenvalue weighted by atomic mass is 10.8. The first-order valence-electron chi connectivity index (χ1n) is 5.15. The van der Waals surface area contributed by atoms with E-state index >= 15 is 0 Å². The number of methoxy groups -OCH3 is 3. The number of ether oxygens (including phenoxy) is 3. The molecule has 86 valence electrons. The van der Waals surface area contributed by atoms with Crippen LogP contribution in [0.25, 0.3) is 0 Å². The van der Waals surface area contributed by atoms with Gasteiger partial charge in [-0.2, -0.15) is 0 Å². The molecular weight excluding hydrogens is 196 g/mol. The first-order chi connectivity index (χ1) is 6.68. The normalized spacial score (nSPS) is 12.0. The lowest BCUT2D eigenvalue weighted by molar-refractivity contribution is 0.201. The van der Waals surface area contributed by atoms with E-state index in [0.717, 1.165) is 19.8 Å². The number of hydrogen-bond donors (Lipinski definition) is 0. The van der Waals surface area contributed by atoms with Crippen molar-refractivity contribution in [2.75, 3.05) is 41.2 Å².